The van der Waals surface area contributed by atoms with Crippen LogP contribution in [0.4, 0.5) is 11.4 Å². The van der Waals surface area contributed by atoms with Crippen molar-refractivity contribution in [3.63, 3.8) is 0 Å². The summed E-state index contributed by atoms with van der Waals surface area (Å²) in [6, 6.07) is 6.38. The molecule has 1 fully saturated rings. The van der Waals surface area contributed by atoms with E-state index in [-0.39, 0.29) is 0 Å². The van der Waals surface area contributed by atoms with Crippen LogP contribution in [0.25, 0.3) is 0 Å². The summed E-state index contributed by atoms with van der Waals surface area (Å²) in [6.45, 7) is 8.27. The van der Waals surface area contributed by atoms with Crippen molar-refractivity contribution >= 4 is 11.4 Å². The summed E-state index contributed by atoms with van der Waals surface area (Å²) in [4.78, 5) is 7.52. The highest BCUT2D eigenvalue weighted by Gasteiger charge is 2.19. The van der Waals surface area contributed by atoms with Crippen molar-refractivity contribution in [1.29, 1.82) is 0 Å². The van der Waals surface area contributed by atoms with Gasteiger partial charge in [0, 0.05) is 57.2 Å². The minimum absolute atomic E-state index is 0.884. The molecule has 0 aromatic heterocycles. The second-order valence-corrected chi connectivity index (χ2v) is 6.12. The van der Waals surface area contributed by atoms with Crippen molar-refractivity contribution < 1.29 is 0 Å². The van der Waals surface area contributed by atoms with Crippen LogP contribution in [-0.4, -0.2) is 62.7 Å². The molecule has 1 aromatic carbocycles. The van der Waals surface area contributed by atoms with Gasteiger partial charge >= 0.3 is 0 Å². The van der Waals surface area contributed by atoms with Crippen LogP contribution in [0.15, 0.2) is 18.2 Å². The molecule has 0 bridgehead atoms. The first-order chi connectivity index (χ1) is 9.72. The van der Waals surface area contributed by atoms with Gasteiger partial charge in [-0.1, -0.05) is 6.07 Å². The number of nitrogens with two attached hydrogens (primary N) is 1. The summed E-state index contributed by atoms with van der Waals surface area (Å²) in [7, 11) is 2.21. The Morgan fingerprint density at radius 2 is 1.85 bits per heavy atom. The molecule has 2 heterocycles. The molecule has 0 amide bonds. The van der Waals surface area contributed by atoms with Crippen molar-refractivity contribution in [2.75, 3.05) is 63.5 Å². The van der Waals surface area contributed by atoms with E-state index in [9.17, 15) is 0 Å². The lowest BCUT2D eigenvalue weighted by Gasteiger charge is -2.36. The first-order valence-electron chi connectivity index (χ1n) is 7.76. The molecule has 1 saturated heterocycles. The zero-order valence-corrected chi connectivity index (χ0v) is 12.5. The minimum Gasteiger partial charge on any atom is -0.399 e. The Hall–Kier alpha value is -1.26. The fourth-order valence-corrected chi connectivity index (χ4v) is 3.23. The third kappa shape index (κ3) is 3.07. The number of anilines is 2. The van der Waals surface area contributed by atoms with E-state index in [0.29, 0.717) is 0 Å². The Bertz CT molecular complexity index is 452. The Labute approximate surface area is 122 Å². The van der Waals surface area contributed by atoms with Gasteiger partial charge in [-0.15, -0.1) is 0 Å². The van der Waals surface area contributed by atoms with Crippen molar-refractivity contribution in [3.8, 4) is 0 Å². The molecule has 0 radical (unpaired) electrons. The fourth-order valence-electron chi connectivity index (χ4n) is 3.23. The number of rotatable bonds is 3. The van der Waals surface area contributed by atoms with Crippen LogP contribution in [0, 0.1) is 0 Å². The van der Waals surface area contributed by atoms with E-state index >= 15 is 0 Å². The Morgan fingerprint density at radius 1 is 1.05 bits per heavy atom. The molecule has 3 rings (SSSR count). The standard InChI is InChI=1S/C16H26N4/c1-18-7-9-19(10-8-18)11-12-20-6-2-3-14-4-5-15(17)13-16(14)20/h4-5,13H,2-3,6-12,17H2,1H3. The minimum atomic E-state index is 0.884. The summed E-state index contributed by atoms with van der Waals surface area (Å²) in [5, 5.41) is 0. The van der Waals surface area contributed by atoms with Crippen LogP contribution < -0.4 is 10.6 Å². The van der Waals surface area contributed by atoms with Crippen LogP contribution >= 0.6 is 0 Å². The zero-order chi connectivity index (χ0) is 13.9. The lowest BCUT2D eigenvalue weighted by molar-refractivity contribution is 0.156. The molecule has 20 heavy (non-hydrogen) atoms. The second-order valence-electron chi connectivity index (χ2n) is 6.12. The van der Waals surface area contributed by atoms with Gasteiger partial charge in [-0.2, -0.15) is 0 Å². The molecule has 4 heteroatoms. The SMILES string of the molecule is CN1CCN(CCN2CCCc3ccc(N)cc32)CC1. The maximum absolute atomic E-state index is 5.96. The molecule has 2 aliphatic heterocycles. The number of likely N-dealkylation sites (N-methyl/N-ethyl adjacent to an activating group) is 1. The first kappa shape index (κ1) is 13.7. The lowest BCUT2D eigenvalue weighted by atomic mass is 10.0. The molecule has 2 aliphatic rings. The van der Waals surface area contributed by atoms with E-state index in [1.165, 1.54) is 63.4 Å². The van der Waals surface area contributed by atoms with Gasteiger partial charge < -0.3 is 15.5 Å². The molecule has 0 atom stereocenters. The monoisotopic (exact) mass is 274 g/mol. The van der Waals surface area contributed by atoms with Gasteiger partial charge in [0.15, 0.2) is 0 Å². The normalized spacial score (nSPS) is 20.9. The molecule has 0 unspecified atom stereocenters. The summed E-state index contributed by atoms with van der Waals surface area (Å²) >= 11 is 0. The van der Waals surface area contributed by atoms with Crippen LogP contribution in [-0.2, 0) is 6.42 Å². The quantitative estimate of drug-likeness (QED) is 0.842. The Kier molecular flexibility index (Phi) is 4.13. The van der Waals surface area contributed by atoms with Crippen molar-refractivity contribution in [1.82, 2.24) is 9.80 Å². The highest BCUT2D eigenvalue weighted by molar-refractivity contribution is 5.62. The highest BCUT2D eigenvalue weighted by Crippen LogP contribution is 2.28. The van der Waals surface area contributed by atoms with E-state index in [4.69, 9.17) is 5.73 Å². The van der Waals surface area contributed by atoms with E-state index < -0.39 is 0 Å². The van der Waals surface area contributed by atoms with E-state index in [1.807, 2.05) is 6.07 Å². The van der Waals surface area contributed by atoms with Gasteiger partial charge in [0.1, 0.15) is 0 Å². The summed E-state index contributed by atoms with van der Waals surface area (Å²) in [6.07, 6.45) is 2.46. The largest absolute Gasteiger partial charge is 0.399 e. The maximum Gasteiger partial charge on any atom is 0.0419 e. The molecule has 2 N–H and O–H groups in total. The number of benzene rings is 1. The lowest BCUT2D eigenvalue weighted by Crippen LogP contribution is -2.47. The van der Waals surface area contributed by atoms with Gasteiger partial charge in [-0.05, 0) is 37.6 Å². The maximum atomic E-state index is 5.96. The summed E-state index contributed by atoms with van der Waals surface area (Å²) in [5.74, 6) is 0. The third-order valence-corrected chi connectivity index (χ3v) is 4.61. The fraction of sp³-hybridized carbons (Fsp3) is 0.625. The van der Waals surface area contributed by atoms with Crippen molar-refractivity contribution in [2.45, 2.75) is 12.8 Å². The van der Waals surface area contributed by atoms with Gasteiger partial charge in [-0.25, -0.2) is 0 Å². The molecule has 0 spiro atoms. The molecule has 0 saturated carbocycles. The molecular weight excluding hydrogens is 248 g/mol. The molecule has 4 nitrogen and oxygen atoms in total. The van der Waals surface area contributed by atoms with E-state index in [1.54, 1.807) is 0 Å². The van der Waals surface area contributed by atoms with Gasteiger partial charge in [0.2, 0.25) is 0 Å². The molecular formula is C16H26N4. The first-order valence-corrected chi connectivity index (χ1v) is 7.76. The third-order valence-electron chi connectivity index (χ3n) is 4.61. The number of nitrogen functional groups attached to an aromatic ring is 1. The van der Waals surface area contributed by atoms with E-state index in [2.05, 4.69) is 33.9 Å². The number of fused-ring (bicyclic) bond motifs is 1. The van der Waals surface area contributed by atoms with Crippen LogP contribution in [0.5, 0.6) is 0 Å². The highest BCUT2D eigenvalue weighted by atomic mass is 15.3. The topological polar surface area (TPSA) is 35.7 Å². The number of piperazine rings is 1. The smallest absolute Gasteiger partial charge is 0.0419 e. The van der Waals surface area contributed by atoms with Crippen LogP contribution in [0.3, 0.4) is 0 Å². The van der Waals surface area contributed by atoms with Gasteiger partial charge in [0.25, 0.3) is 0 Å². The van der Waals surface area contributed by atoms with E-state index in [0.717, 1.165) is 12.2 Å². The summed E-state index contributed by atoms with van der Waals surface area (Å²) < 4.78 is 0. The number of hydrogen-bond donors (Lipinski definition) is 1. The average molecular weight is 274 g/mol. The predicted molar refractivity (Wildman–Crippen MR) is 85.3 cm³/mol. The number of nitrogens with zero attached hydrogens (tertiary/aromatic N) is 3. The van der Waals surface area contributed by atoms with Crippen molar-refractivity contribution in [2.24, 2.45) is 0 Å². The molecule has 110 valence electrons. The van der Waals surface area contributed by atoms with Crippen LogP contribution in [0.1, 0.15) is 12.0 Å². The number of aryl methyl sites for hydroxylation is 1. The van der Waals surface area contributed by atoms with Crippen molar-refractivity contribution in [3.05, 3.63) is 23.8 Å². The Balaban J connectivity index is 1.60. The Morgan fingerprint density at radius 3 is 2.65 bits per heavy atom. The van der Waals surface area contributed by atoms with Gasteiger partial charge in [-0.3, -0.25) is 4.90 Å². The molecule has 1 aromatic rings. The molecule has 0 aliphatic carbocycles. The number of hydrogen-bond acceptors (Lipinski definition) is 4. The second kappa shape index (κ2) is 6.02. The zero-order valence-electron chi connectivity index (χ0n) is 12.5. The average Bonchev–Trinajstić information content (AvgIpc) is 2.47. The summed E-state index contributed by atoms with van der Waals surface area (Å²) in [5.41, 5.74) is 9.67. The van der Waals surface area contributed by atoms with Gasteiger partial charge in [0.05, 0.1) is 0 Å². The van der Waals surface area contributed by atoms with Crippen LogP contribution in [0.2, 0.25) is 0 Å². The predicted octanol–water partition coefficient (Wildman–Crippen LogP) is 1.27.